The lowest BCUT2D eigenvalue weighted by molar-refractivity contribution is -0.133. The SMILES string of the molecule is O=C1CC(N=C(c2ccccc2)c2ccccc2)CC(=O)N1. The van der Waals surface area contributed by atoms with Gasteiger partial charge in [0.2, 0.25) is 11.8 Å². The van der Waals surface area contributed by atoms with Crippen LogP contribution in [0.15, 0.2) is 65.7 Å². The third-order valence-electron chi connectivity index (χ3n) is 3.53. The molecule has 2 aromatic rings. The van der Waals surface area contributed by atoms with Crippen LogP contribution in [0.25, 0.3) is 0 Å². The first-order valence-electron chi connectivity index (χ1n) is 7.24. The Hall–Kier alpha value is -2.75. The number of rotatable bonds is 3. The van der Waals surface area contributed by atoms with Crippen molar-refractivity contribution in [3.05, 3.63) is 71.8 Å². The summed E-state index contributed by atoms with van der Waals surface area (Å²) in [5.41, 5.74) is 2.77. The number of amides is 2. The van der Waals surface area contributed by atoms with Crippen molar-refractivity contribution in [2.75, 3.05) is 0 Å². The molecule has 1 heterocycles. The summed E-state index contributed by atoms with van der Waals surface area (Å²) in [6.45, 7) is 0. The number of nitrogens with zero attached hydrogens (tertiary/aromatic N) is 1. The van der Waals surface area contributed by atoms with E-state index in [0.29, 0.717) is 0 Å². The van der Waals surface area contributed by atoms with Gasteiger partial charge in [0.15, 0.2) is 0 Å². The molecule has 1 aliphatic heterocycles. The van der Waals surface area contributed by atoms with Gasteiger partial charge in [-0.15, -0.1) is 0 Å². The lowest BCUT2D eigenvalue weighted by Crippen LogP contribution is -2.40. The van der Waals surface area contributed by atoms with Gasteiger partial charge >= 0.3 is 0 Å². The Labute approximate surface area is 128 Å². The van der Waals surface area contributed by atoms with Gasteiger partial charge in [0.1, 0.15) is 0 Å². The molecule has 1 fully saturated rings. The summed E-state index contributed by atoms with van der Waals surface area (Å²) in [6.07, 6.45) is 0.490. The molecule has 0 spiro atoms. The molecule has 0 unspecified atom stereocenters. The average molecular weight is 292 g/mol. The average Bonchev–Trinajstić information content (AvgIpc) is 2.53. The summed E-state index contributed by atoms with van der Waals surface area (Å²) < 4.78 is 0. The Bertz CT molecular complexity index is 651. The van der Waals surface area contributed by atoms with E-state index in [1.807, 2.05) is 60.7 Å². The van der Waals surface area contributed by atoms with Gasteiger partial charge in [-0.1, -0.05) is 60.7 Å². The first-order chi connectivity index (χ1) is 10.7. The van der Waals surface area contributed by atoms with E-state index in [9.17, 15) is 9.59 Å². The zero-order valence-corrected chi connectivity index (χ0v) is 12.0. The van der Waals surface area contributed by atoms with E-state index in [0.717, 1.165) is 16.8 Å². The molecule has 2 aromatic carbocycles. The number of piperidine rings is 1. The fourth-order valence-corrected chi connectivity index (χ4v) is 2.54. The number of carbonyl (C=O) groups excluding carboxylic acids is 2. The molecule has 22 heavy (non-hydrogen) atoms. The highest BCUT2D eigenvalue weighted by atomic mass is 16.2. The molecule has 2 amide bonds. The van der Waals surface area contributed by atoms with Crippen molar-refractivity contribution < 1.29 is 9.59 Å². The second kappa shape index (κ2) is 6.35. The Morgan fingerprint density at radius 1 is 0.818 bits per heavy atom. The Kier molecular flexibility index (Phi) is 4.10. The van der Waals surface area contributed by atoms with E-state index in [4.69, 9.17) is 4.99 Å². The summed E-state index contributed by atoms with van der Waals surface area (Å²) in [7, 11) is 0. The van der Waals surface area contributed by atoms with Crippen LogP contribution in [0.5, 0.6) is 0 Å². The maximum Gasteiger partial charge on any atom is 0.228 e. The predicted octanol–water partition coefficient (Wildman–Crippen LogP) is 2.33. The molecular weight excluding hydrogens is 276 g/mol. The molecule has 0 saturated carbocycles. The smallest absolute Gasteiger partial charge is 0.228 e. The second-order valence-electron chi connectivity index (χ2n) is 5.24. The van der Waals surface area contributed by atoms with Crippen molar-refractivity contribution in [3.8, 4) is 0 Å². The van der Waals surface area contributed by atoms with Crippen LogP contribution in [-0.4, -0.2) is 23.6 Å². The molecule has 0 aromatic heterocycles. The molecule has 4 heteroatoms. The highest BCUT2D eigenvalue weighted by Gasteiger charge is 2.25. The lowest BCUT2D eigenvalue weighted by atomic mass is 10.00. The minimum atomic E-state index is -0.309. The zero-order chi connectivity index (χ0) is 15.4. The van der Waals surface area contributed by atoms with Gasteiger partial charge in [-0.05, 0) is 0 Å². The van der Waals surface area contributed by atoms with Crippen LogP contribution in [0.2, 0.25) is 0 Å². The monoisotopic (exact) mass is 292 g/mol. The van der Waals surface area contributed by atoms with Crippen LogP contribution in [-0.2, 0) is 9.59 Å². The highest BCUT2D eigenvalue weighted by molar-refractivity contribution is 6.13. The third-order valence-corrected chi connectivity index (χ3v) is 3.53. The van der Waals surface area contributed by atoms with E-state index in [1.54, 1.807) is 0 Å². The van der Waals surface area contributed by atoms with E-state index < -0.39 is 0 Å². The standard InChI is InChI=1S/C18H16N2O2/c21-16-11-15(12-17(22)20-16)19-18(13-7-3-1-4-8-13)14-9-5-2-6-10-14/h1-10,15H,11-12H2,(H,20,21,22). The molecule has 1 aliphatic rings. The molecule has 0 bridgehead atoms. The van der Waals surface area contributed by atoms with Gasteiger partial charge < -0.3 is 0 Å². The molecule has 0 aliphatic carbocycles. The number of hydrogen-bond donors (Lipinski definition) is 1. The minimum Gasteiger partial charge on any atom is -0.296 e. The molecule has 1 N–H and O–H groups in total. The predicted molar refractivity (Wildman–Crippen MR) is 84.7 cm³/mol. The van der Waals surface area contributed by atoms with E-state index in [1.165, 1.54) is 0 Å². The van der Waals surface area contributed by atoms with E-state index in [-0.39, 0.29) is 30.7 Å². The summed E-state index contributed by atoms with van der Waals surface area (Å²) in [5.74, 6) is -0.518. The molecule has 0 radical (unpaired) electrons. The fourth-order valence-electron chi connectivity index (χ4n) is 2.54. The summed E-state index contributed by atoms with van der Waals surface area (Å²) in [5, 5.41) is 2.31. The van der Waals surface area contributed by atoms with Crippen molar-refractivity contribution in [2.45, 2.75) is 18.9 Å². The molecule has 4 nitrogen and oxygen atoms in total. The van der Waals surface area contributed by atoms with Gasteiger partial charge in [0.05, 0.1) is 11.8 Å². The molecule has 0 atom stereocenters. The number of carbonyl (C=O) groups is 2. The molecule has 1 saturated heterocycles. The number of hydrogen-bond acceptors (Lipinski definition) is 3. The third kappa shape index (κ3) is 3.28. The van der Waals surface area contributed by atoms with Gasteiger partial charge in [-0.25, -0.2) is 0 Å². The zero-order valence-electron chi connectivity index (χ0n) is 12.0. The Balaban J connectivity index is 2.00. The number of benzene rings is 2. The highest BCUT2D eigenvalue weighted by Crippen LogP contribution is 2.16. The lowest BCUT2D eigenvalue weighted by Gasteiger charge is -2.19. The minimum absolute atomic E-state index is 0.245. The maximum atomic E-state index is 11.5. The quantitative estimate of drug-likeness (QED) is 0.697. The summed E-state index contributed by atoms with van der Waals surface area (Å²) in [4.78, 5) is 27.8. The Morgan fingerprint density at radius 2 is 1.27 bits per heavy atom. The number of nitrogens with one attached hydrogen (secondary N) is 1. The molecular formula is C18H16N2O2. The first kappa shape index (κ1) is 14.2. The van der Waals surface area contributed by atoms with Crippen LogP contribution < -0.4 is 5.32 Å². The summed E-state index contributed by atoms with van der Waals surface area (Å²) in [6, 6.07) is 19.3. The molecule has 110 valence electrons. The Morgan fingerprint density at radius 3 is 1.73 bits per heavy atom. The first-order valence-corrected chi connectivity index (χ1v) is 7.24. The van der Waals surface area contributed by atoms with Gasteiger partial charge in [0, 0.05) is 24.0 Å². The van der Waals surface area contributed by atoms with Crippen LogP contribution in [0.4, 0.5) is 0 Å². The van der Waals surface area contributed by atoms with Crippen LogP contribution in [0.1, 0.15) is 24.0 Å². The number of imide groups is 1. The van der Waals surface area contributed by atoms with Crippen molar-refractivity contribution in [2.24, 2.45) is 4.99 Å². The van der Waals surface area contributed by atoms with Crippen LogP contribution >= 0.6 is 0 Å². The molecule has 3 rings (SSSR count). The van der Waals surface area contributed by atoms with Gasteiger partial charge in [-0.2, -0.15) is 0 Å². The fraction of sp³-hybridized carbons (Fsp3) is 0.167. The van der Waals surface area contributed by atoms with Crippen molar-refractivity contribution >= 4 is 17.5 Å². The van der Waals surface area contributed by atoms with E-state index >= 15 is 0 Å². The van der Waals surface area contributed by atoms with Crippen LogP contribution in [0.3, 0.4) is 0 Å². The van der Waals surface area contributed by atoms with Crippen LogP contribution in [0, 0.1) is 0 Å². The second-order valence-corrected chi connectivity index (χ2v) is 5.24. The largest absolute Gasteiger partial charge is 0.296 e. The van der Waals surface area contributed by atoms with Gasteiger partial charge in [0.25, 0.3) is 0 Å². The van der Waals surface area contributed by atoms with Gasteiger partial charge in [-0.3, -0.25) is 19.9 Å². The number of aliphatic imine (C=N–C) groups is 1. The van der Waals surface area contributed by atoms with Crippen molar-refractivity contribution in [1.29, 1.82) is 0 Å². The van der Waals surface area contributed by atoms with Crippen molar-refractivity contribution in [3.63, 3.8) is 0 Å². The maximum absolute atomic E-state index is 11.5. The van der Waals surface area contributed by atoms with E-state index in [2.05, 4.69) is 5.32 Å². The summed E-state index contributed by atoms with van der Waals surface area (Å²) >= 11 is 0. The topological polar surface area (TPSA) is 58.5 Å². The van der Waals surface area contributed by atoms with Crippen molar-refractivity contribution in [1.82, 2.24) is 5.32 Å². The normalized spacial score (nSPS) is 15.3.